The molecule has 0 aliphatic heterocycles. The van der Waals surface area contributed by atoms with Crippen LogP contribution in [0, 0.1) is 0 Å². The molecule has 0 fully saturated rings. The van der Waals surface area contributed by atoms with Crippen LogP contribution in [0.3, 0.4) is 0 Å². The lowest BCUT2D eigenvalue weighted by Gasteiger charge is -2.12. The summed E-state index contributed by atoms with van der Waals surface area (Å²) in [6.07, 6.45) is 1.54. The molecule has 2 aromatic carbocycles. The highest BCUT2D eigenvalue weighted by Crippen LogP contribution is 2.10. The first kappa shape index (κ1) is 19.4. The van der Waals surface area contributed by atoms with Gasteiger partial charge in [0, 0.05) is 12.2 Å². The molecule has 0 aliphatic rings. The summed E-state index contributed by atoms with van der Waals surface area (Å²) < 4.78 is 4.09. The number of nitrogens with one attached hydrogen (secondary N) is 1. The molecule has 2 heterocycles. The van der Waals surface area contributed by atoms with E-state index in [2.05, 4.69) is 10.3 Å². The van der Waals surface area contributed by atoms with Gasteiger partial charge >= 0.3 is 5.69 Å². The monoisotopic (exact) mass is 403 g/mol. The largest absolute Gasteiger partial charge is 0.333 e. The number of carbonyl (C=O) groups is 1. The van der Waals surface area contributed by atoms with Gasteiger partial charge in [-0.25, -0.2) is 14.3 Å². The van der Waals surface area contributed by atoms with Gasteiger partial charge in [-0.15, -0.1) is 0 Å². The van der Waals surface area contributed by atoms with E-state index in [9.17, 15) is 14.4 Å². The molecule has 30 heavy (non-hydrogen) atoms. The zero-order chi connectivity index (χ0) is 21.1. The van der Waals surface area contributed by atoms with Crippen molar-refractivity contribution in [3.05, 3.63) is 93.4 Å². The summed E-state index contributed by atoms with van der Waals surface area (Å²) in [7, 11) is 0. The van der Waals surface area contributed by atoms with E-state index < -0.39 is 17.2 Å². The Morgan fingerprint density at radius 1 is 0.967 bits per heavy atom. The van der Waals surface area contributed by atoms with E-state index in [1.165, 1.54) is 4.57 Å². The first-order valence-electron chi connectivity index (χ1n) is 9.65. The van der Waals surface area contributed by atoms with Gasteiger partial charge in [0.1, 0.15) is 6.54 Å². The Morgan fingerprint density at radius 2 is 1.63 bits per heavy atom. The lowest BCUT2D eigenvalue weighted by atomic mass is 10.2. The number of aryl methyl sites for hydroxylation is 1. The van der Waals surface area contributed by atoms with Gasteiger partial charge in [0.15, 0.2) is 11.2 Å². The number of para-hydroxylation sites is 1. The second-order valence-electron chi connectivity index (χ2n) is 6.86. The van der Waals surface area contributed by atoms with E-state index in [0.29, 0.717) is 23.4 Å². The highest BCUT2D eigenvalue weighted by atomic mass is 16.2. The Kier molecular flexibility index (Phi) is 5.30. The van der Waals surface area contributed by atoms with Crippen molar-refractivity contribution in [1.82, 2.24) is 18.7 Å². The predicted molar refractivity (Wildman–Crippen MR) is 115 cm³/mol. The third-order valence-corrected chi connectivity index (χ3v) is 4.87. The second-order valence-corrected chi connectivity index (χ2v) is 6.86. The maximum atomic E-state index is 13.2. The van der Waals surface area contributed by atoms with E-state index in [1.54, 1.807) is 35.2 Å². The van der Waals surface area contributed by atoms with Crippen LogP contribution in [0.1, 0.15) is 12.5 Å². The number of amides is 1. The smallest absolute Gasteiger partial charge is 0.325 e. The third-order valence-electron chi connectivity index (χ3n) is 4.87. The molecule has 0 spiro atoms. The molecule has 0 radical (unpaired) electrons. The third kappa shape index (κ3) is 3.67. The molecule has 0 saturated carbocycles. The van der Waals surface area contributed by atoms with Crippen LogP contribution >= 0.6 is 0 Å². The minimum atomic E-state index is -0.569. The molecule has 4 rings (SSSR count). The topological polar surface area (TPSA) is 90.9 Å². The van der Waals surface area contributed by atoms with Gasteiger partial charge in [-0.05, 0) is 24.6 Å². The maximum Gasteiger partial charge on any atom is 0.333 e. The summed E-state index contributed by atoms with van der Waals surface area (Å²) in [6, 6.07) is 18.3. The molecule has 152 valence electrons. The predicted octanol–water partition coefficient (Wildman–Crippen LogP) is 2.07. The van der Waals surface area contributed by atoms with Crippen molar-refractivity contribution in [3.63, 3.8) is 0 Å². The number of carbonyl (C=O) groups excluding carboxylic acids is 1. The van der Waals surface area contributed by atoms with Crippen LogP contribution in [-0.2, 0) is 24.4 Å². The van der Waals surface area contributed by atoms with Crippen molar-refractivity contribution in [2.24, 2.45) is 0 Å². The Balaban J connectivity index is 1.79. The van der Waals surface area contributed by atoms with Crippen molar-refractivity contribution < 1.29 is 4.79 Å². The molecule has 1 N–H and O–H groups in total. The number of benzene rings is 2. The molecular weight excluding hydrogens is 382 g/mol. The molecule has 1 amide bonds. The number of imidazole rings is 1. The summed E-state index contributed by atoms with van der Waals surface area (Å²) in [5.41, 5.74) is 1.02. The molecule has 8 heteroatoms. The highest BCUT2D eigenvalue weighted by molar-refractivity contribution is 5.90. The van der Waals surface area contributed by atoms with Gasteiger partial charge in [-0.2, -0.15) is 0 Å². The molecule has 0 saturated heterocycles. The average Bonchev–Trinajstić information content (AvgIpc) is 3.20. The Hall–Kier alpha value is -3.94. The van der Waals surface area contributed by atoms with Crippen LogP contribution in [-0.4, -0.2) is 24.6 Å². The van der Waals surface area contributed by atoms with Crippen molar-refractivity contribution in [2.45, 2.75) is 26.6 Å². The fourth-order valence-electron chi connectivity index (χ4n) is 3.39. The number of rotatable bonds is 6. The number of aromatic nitrogens is 4. The van der Waals surface area contributed by atoms with E-state index in [-0.39, 0.29) is 13.1 Å². The first-order valence-corrected chi connectivity index (χ1v) is 9.65. The molecule has 0 aliphatic carbocycles. The Morgan fingerprint density at radius 3 is 2.30 bits per heavy atom. The van der Waals surface area contributed by atoms with Gasteiger partial charge in [0.2, 0.25) is 5.91 Å². The minimum absolute atomic E-state index is 0.248. The molecule has 8 nitrogen and oxygen atoms in total. The van der Waals surface area contributed by atoms with Crippen LogP contribution in [0.15, 0.2) is 76.6 Å². The summed E-state index contributed by atoms with van der Waals surface area (Å²) in [5.74, 6) is -0.450. The van der Waals surface area contributed by atoms with Crippen molar-refractivity contribution in [3.8, 4) is 0 Å². The average molecular weight is 403 g/mol. The molecule has 2 aromatic heterocycles. The second kappa shape index (κ2) is 8.20. The van der Waals surface area contributed by atoms with Crippen molar-refractivity contribution in [2.75, 3.05) is 5.32 Å². The van der Waals surface area contributed by atoms with Gasteiger partial charge in [0.05, 0.1) is 12.9 Å². The zero-order valence-corrected chi connectivity index (χ0v) is 16.5. The van der Waals surface area contributed by atoms with Crippen LogP contribution in [0.4, 0.5) is 5.69 Å². The highest BCUT2D eigenvalue weighted by Gasteiger charge is 2.19. The molecule has 0 unspecified atom stereocenters. The lowest BCUT2D eigenvalue weighted by Crippen LogP contribution is -2.43. The van der Waals surface area contributed by atoms with Crippen molar-refractivity contribution >= 4 is 22.8 Å². The van der Waals surface area contributed by atoms with E-state index >= 15 is 0 Å². The quantitative estimate of drug-likeness (QED) is 0.534. The van der Waals surface area contributed by atoms with Crippen LogP contribution < -0.4 is 16.6 Å². The normalized spacial score (nSPS) is 11.0. The standard InChI is InChI=1S/C22H21N5O3/c1-2-25-15-23-20-19(25)21(29)27(14-18(28)24-17-11-7-4-8-12-17)22(30)26(20)13-16-9-5-3-6-10-16/h3-12,15H,2,13-14H2,1H3,(H,24,28). The Labute approximate surface area is 172 Å². The minimum Gasteiger partial charge on any atom is -0.325 e. The molecule has 0 bridgehead atoms. The van der Waals surface area contributed by atoms with E-state index in [1.807, 2.05) is 43.3 Å². The van der Waals surface area contributed by atoms with Crippen molar-refractivity contribution in [1.29, 1.82) is 0 Å². The van der Waals surface area contributed by atoms with Crippen LogP contribution in [0.25, 0.3) is 11.2 Å². The summed E-state index contributed by atoms with van der Waals surface area (Å²) in [5, 5.41) is 2.72. The van der Waals surface area contributed by atoms with Gasteiger partial charge < -0.3 is 9.88 Å². The molecule has 0 atom stereocenters. The van der Waals surface area contributed by atoms with Gasteiger partial charge in [-0.1, -0.05) is 48.5 Å². The van der Waals surface area contributed by atoms with Crippen LogP contribution in [0.2, 0.25) is 0 Å². The lowest BCUT2D eigenvalue weighted by molar-refractivity contribution is -0.116. The van der Waals surface area contributed by atoms with E-state index in [4.69, 9.17) is 0 Å². The maximum absolute atomic E-state index is 13.2. The fourth-order valence-corrected chi connectivity index (χ4v) is 3.39. The summed E-state index contributed by atoms with van der Waals surface area (Å²) in [4.78, 5) is 43.1. The number of fused-ring (bicyclic) bond motifs is 1. The van der Waals surface area contributed by atoms with E-state index in [0.717, 1.165) is 10.1 Å². The summed E-state index contributed by atoms with van der Waals surface area (Å²) in [6.45, 7) is 2.27. The number of hydrogen-bond acceptors (Lipinski definition) is 4. The molecular formula is C22H21N5O3. The first-order chi connectivity index (χ1) is 14.6. The number of nitrogens with zero attached hydrogens (tertiary/aromatic N) is 4. The SMILES string of the molecule is CCn1cnc2c1c(=O)n(CC(=O)Nc1ccccc1)c(=O)n2Cc1ccccc1. The van der Waals surface area contributed by atoms with Crippen LogP contribution in [0.5, 0.6) is 0 Å². The Bertz CT molecular complexity index is 1300. The fraction of sp³-hybridized carbons (Fsp3) is 0.182. The van der Waals surface area contributed by atoms with Gasteiger partial charge in [-0.3, -0.25) is 14.2 Å². The summed E-state index contributed by atoms with van der Waals surface area (Å²) >= 11 is 0. The number of hydrogen-bond donors (Lipinski definition) is 1. The van der Waals surface area contributed by atoms with Gasteiger partial charge in [0.25, 0.3) is 5.56 Å². The molecule has 4 aromatic rings. The number of anilines is 1. The zero-order valence-electron chi connectivity index (χ0n) is 16.5.